The smallest absolute Gasteiger partial charge is 0.409 e. The molecule has 0 bridgehead atoms. The molecule has 6 nitrogen and oxygen atoms in total. The molecule has 1 saturated heterocycles. The largest absolute Gasteiger partial charge is 0.466 e. The van der Waals surface area contributed by atoms with Crippen LogP contribution in [0.2, 0.25) is 0 Å². The average Bonchev–Trinajstić information content (AvgIpc) is 2.63. The highest BCUT2D eigenvalue weighted by Gasteiger charge is 2.38. The van der Waals surface area contributed by atoms with Crippen LogP contribution < -0.4 is 0 Å². The maximum atomic E-state index is 14.2. The van der Waals surface area contributed by atoms with E-state index < -0.39 is 53.7 Å². The van der Waals surface area contributed by atoms with Crippen molar-refractivity contribution in [1.82, 2.24) is 4.90 Å². The molecule has 1 aromatic rings. The van der Waals surface area contributed by atoms with E-state index in [0.717, 1.165) is 12.0 Å². The summed E-state index contributed by atoms with van der Waals surface area (Å²) < 4.78 is 50.5. The molecule has 1 aliphatic rings. The molecule has 148 valence electrons. The zero-order valence-electron chi connectivity index (χ0n) is 15.0. The van der Waals surface area contributed by atoms with Crippen LogP contribution >= 0.6 is 0 Å². The summed E-state index contributed by atoms with van der Waals surface area (Å²) in [7, 11) is 1.14. The summed E-state index contributed by atoms with van der Waals surface area (Å²) in [6.45, 7) is 1.78. The van der Waals surface area contributed by atoms with Gasteiger partial charge in [0.2, 0.25) is 0 Å². The maximum Gasteiger partial charge on any atom is 0.409 e. The number of carbonyl (C=O) groups excluding carboxylic acids is 3. The van der Waals surface area contributed by atoms with E-state index in [2.05, 4.69) is 4.74 Å². The quantitative estimate of drug-likeness (QED) is 0.441. The van der Waals surface area contributed by atoms with Crippen LogP contribution in [-0.2, 0) is 19.1 Å². The Morgan fingerprint density at radius 3 is 2.44 bits per heavy atom. The zero-order valence-corrected chi connectivity index (χ0v) is 15.0. The Morgan fingerprint density at radius 1 is 1.15 bits per heavy atom. The van der Waals surface area contributed by atoms with E-state index in [0.29, 0.717) is 12.1 Å². The SMILES string of the molecule is CCOC(=O)CC(=O)[C@@H]1CCN(C(=O)OC)[C@H](c2cc(F)c(F)cc2F)C1. The van der Waals surface area contributed by atoms with Crippen molar-refractivity contribution in [2.24, 2.45) is 5.92 Å². The van der Waals surface area contributed by atoms with Gasteiger partial charge in [0.1, 0.15) is 18.0 Å². The molecule has 2 rings (SSSR count). The van der Waals surface area contributed by atoms with Crippen molar-refractivity contribution in [1.29, 1.82) is 0 Å². The predicted octanol–water partition coefficient (Wildman–Crippen LogP) is 3.15. The molecule has 0 aliphatic carbocycles. The van der Waals surface area contributed by atoms with Gasteiger partial charge in [-0.15, -0.1) is 0 Å². The van der Waals surface area contributed by atoms with E-state index >= 15 is 0 Å². The van der Waals surface area contributed by atoms with Gasteiger partial charge < -0.3 is 14.4 Å². The fraction of sp³-hybridized carbons (Fsp3) is 0.500. The van der Waals surface area contributed by atoms with Gasteiger partial charge in [-0.05, 0) is 25.8 Å². The van der Waals surface area contributed by atoms with Crippen LogP contribution in [-0.4, -0.2) is 43.0 Å². The molecule has 9 heteroatoms. The second-order valence-electron chi connectivity index (χ2n) is 6.14. The van der Waals surface area contributed by atoms with Crippen molar-refractivity contribution < 1.29 is 37.0 Å². The van der Waals surface area contributed by atoms with Crippen LogP contribution in [0.5, 0.6) is 0 Å². The monoisotopic (exact) mass is 387 g/mol. The minimum Gasteiger partial charge on any atom is -0.466 e. The average molecular weight is 387 g/mol. The topological polar surface area (TPSA) is 72.9 Å². The number of rotatable bonds is 5. The number of benzene rings is 1. The van der Waals surface area contributed by atoms with Gasteiger partial charge in [-0.25, -0.2) is 18.0 Å². The van der Waals surface area contributed by atoms with Gasteiger partial charge >= 0.3 is 12.1 Å². The number of methoxy groups -OCH3 is 1. The van der Waals surface area contributed by atoms with Gasteiger partial charge in [-0.1, -0.05) is 0 Å². The van der Waals surface area contributed by atoms with Crippen LogP contribution in [0.1, 0.15) is 37.8 Å². The number of piperidine rings is 1. The molecule has 1 heterocycles. The Hall–Kier alpha value is -2.58. The van der Waals surface area contributed by atoms with Crippen LogP contribution in [0, 0.1) is 23.4 Å². The summed E-state index contributed by atoms with van der Waals surface area (Å²) in [5.41, 5.74) is -0.257. The first-order valence-corrected chi connectivity index (χ1v) is 8.45. The van der Waals surface area contributed by atoms with Gasteiger partial charge in [0.05, 0.1) is 19.8 Å². The summed E-state index contributed by atoms with van der Waals surface area (Å²) in [6, 6.07) is 0.0330. The lowest BCUT2D eigenvalue weighted by Gasteiger charge is -2.38. The zero-order chi connectivity index (χ0) is 20.1. The molecule has 2 atom stereocenters. The molecule has 0 aromatic heterocycles. The summed E-state index contributed by atoms with van der Waals surface area (Å²) in [6.07, 6.45) is -1.03. The lowest BCUT2D eigenvalue weighted by molar-refractivity contribution is -0.146. The molecule has 1 fully saturated rings. The van der Waals surface area contributed by atoms with Crippen LogP contribution in [0.4, 0.5) is 18.0 Å². The molecule has 0 unspecified atom stereocenters. The molecule has 0 spiro atoms. The number of Topliss-reactive ketones (excluding diaryl/α,β-unsaturated/α-hetero) is 1. The molecule has 0 saturated carbocycles. The number of carbonyl (C=O) groups is 3. The number of ketones is 1. The van der Waals surface area contributed by atoms with Gasteiger partial charge in [0, 0.05) is 24.1 Å². The van der Waals surface area contributed by atoms with E-state index in [1.807, 2.05) is 0 Å². The summed E-state index contributed by atoms with van der Waals surface area (Å²) in [5, 5.41) is 0. The van der Waals surface area contributed by atoms with Crippen molar-refractivity contribution in [3.8, 4) is 0 Å². The predicted molar refractivity (Wildman–Crippen MR) is 87.1 cm³/mol. The molecule has 0 N–H and O–H groups in total. The Bertz CT molecular complexity index is 740. The Kier molecular flexibility index (Phi) is 6.81. The molecule has 1 aliphatic heterocycles. The number of hydrogen-bond acceptors (Lipinski definition) is 5. The molecule has 1 amide bonds. The second kappa shape index (κ2) is 8.88. The number of halogens is 3. The van der Waals surface area contributed by atoms with E-state index in [4.69, 9.17) is 4.74 Å². The molecule has 1 aromatic carbocycles. The van der Waals surface area contributed by atoms with Crippen molar-refractivity contribution in [2.45, 2.75) is 32.2 Å². The third kappa shape index (κ3) is 4.78. The fourth-order valence-corrected chi connectivity index (χ4v) is 3.18. The Balaban J connectivity index is 2.28. The van der Waals surface area contributed by atoms with Crippen LogP contribution in [0.3, 0.4) is 0 Å². The number of ether oxygens (including phenoxy) is 2. The van der Waals surface area contributed by atoms with Crippen molar-refractivity contribution >= 4 is 17.8 Å². The highest BCUT2D eigenvalue weighted by Crippen LogP contribution is 2.37. The minimum absolute atomic E-state index is 0.0367. The minimum atomic E-state index is -1.35. The molecular formula is C18H20F3NO5. The third-order valence-electron chi connectivity index (χ3n) is 4.49. The first-order valence-electron chi connectivity index (χ1n) is 8.45. The Morgan fingerprint density at radius 2 is 1.81 bits per heavy atom. The van der Waals surface area contributed by atoms with E-state index in [1.165, 1.54) is 0 Å². The van der Waals surface area contributed by atoms with E-state index in [-0.39, 0.29) is 31.6 Å². The molecule has 0 radical (unpaired) electrons. The lowest BCUT2D eigenvalue weighted by Crippen LogP contribution is -2.43. The molecular weight excluding hydrogens is 367 g/mol. The number of nitrogens with zero attached hydrogens (tertiary/aromatic N) is 1. The first kappa shape index (κ1) is 20.7. The van der Waals surface area contributed by atoms with Crippen molar-refractivity contribution in [3.05, 3.63) is 35.1 Å². The maximum absolute atomic E-state index is 14.2. The number of esters is 1. The van der Waals surface area contributed by atoms with E-state index in [9.17, 15) is 27.6 Å². The summed E-state index contributed by atoms with van der Waals surface area (Å²) >= 11 is 0. The third-order valence-corrected chi connectivity index (χ3v) is 4.49. The molecule has 27 heavy (non-hydrogen) atoms. The van der Waals surface area contributed by atoms with Crippen molar-refractivity contribution in [2.75, 3.05) is 20.3 Å². The van der Waals surface area contributed by atoms with Crippen LogP contribution in [0.25, 0.3) is 0 Å². The second-order valence-corrected chi connectivity index (χ2v) is 6.14. The summed E-state index contributed by atoms with van der Waals surface area (Å²) in [4.78, 5) is 37.0. The number of likely N-dealkylation sites (tertiary alicyclic amines) is 1. The highest BCUT2D eigenvalue weighted by molar-refractivity contribution is 5.97. The highest BCUT2D eigenvalue weighted by atomic mass is 19.2. The van der Waals surface area contributed by atoms with Gasteiger partial charge in [-0.2, -0.15) is 0 Å². The fourth-order valence-electron chi connectivity index (χ4n) is 3.18. The normalized spacial score (nSPS) is 19.5. The van der Waals surface area contributed by atoms with Crippen LogP contribution in [0.15, 0.2) is 12.1 Å². The number of amides is 1. The number of hydrogen-bond donors (Lipinski definition) is 0. The standard InChI is InChI=1S/C18H20F3NO5/c1-3-27-17(24)9-16(23)10-4-5-22(18(25)26-2)15(6-10)11-7-13(20)14(21)8-12(11)19/h7-8,10,15H,3-6,9H2,1-2H3/t10-,15+/m1/s1. The van der Waals surface area contributed by atoms with Crippen molar-refractivity contribution in [3.63, 3.8) is 0 Å². The van der Waals surface area contributed by atoms with Gasteiger partial charge in [0.15, 0.2) is 11.6 Å². The lowest BCUT2D eigenvalue weighted by atomic mass is 9.83. The van der Waals surface area contributed by atoms with Gasteiger partial charge in [0.25, 0.3) is 0 Å². The van der Waals surface area contributed by atoms with E-state index in [1.54, 1.807) is 6.92 Å². The van der Waals surface area contributed by atoms with Gasteiger partial charge in [-0.3, -0.25) is 9.59 Å². The summed E-state index contributed by atoms with van der Waals surface area (Å²) in [5.74, 6) is -5.40. The Labute approximate surface area is 154 Å². The first-order chi connectivity index (χ1) is 12.8.